The van der Waals surface area contributed by atoms with Gasteiger partial charge in [0.25, 0.3) is 0 Å². The molecule has 1 N–H and O–H groups in total. The Hall–Kier alpha value is -1.63. The Morgan fingerprint density at radius 2 is 1.71 bits per heavy atom. The molecule has 0 spiro atoms. The highest BCUT2D eigenvalue weighted by atomic mass is 35.5. The van der Waals surface area contributed by atoms with Crippen molar-refractivity contribution in [3.63, 3.8) is 0 Å². The maximum Gasteiger partial charge on any atom is 0.240 e. The summed E-state index contributed by atoms with van der Waals surface area (Å²) in [5, 5.41) is 0.525. The van der Waals surface area contributed by atoms with Crippen molar-refractivity contribution in [3.8, 4) is 0 Å². The van der Waals surface area contributed by atoms with Gasteiger partial charge in [-0.2, -0.15) is 0 Å². The van der Waals surface area contributed by atoms with Crippen LogP contribution in [0.2, 0.25) is 5.02 Å². The van der Waals surface area contributed by atoms with Gasteiger partial charge in [0.05, 0.1) is 4.90 Å². The predicted molar refractivity (Wildman–Crippen MR) is 95.8 cm³/mol. The average molecular weight is 366 g/mol. The molecule has 5 nitrogen and oxygen atoms in total. The van der Waals surface area contributed by atoms with E-state index in [1.54, 1.807) is 24.5 Å². The van der Waals surface area contributed by atoms with Crippen LogP contribution in [0.15, 0.2) is 53.7 Å². The number of nitrogens with zero attached hydrogens (tertiary/aromatic N) is 2. The van der Waals surface area contributed by atoms with Crippen molar-refractivity contribution in [2.45, 2.75) is 17.7 Å². The minimum absolute atomic E-state index is 0.251. The molecular weight excluding hydrogens is 346 g/mol. The molecule has 1 aliphatic rings. The van der Waals surface area contributed by atoms with Crippen LogP contribution in [0.5, 0.6) is 0 Å². The Morgan fingerprint density at radius 1 is 1.08 bits per heavy atom. The number of pyridine rings is 1. The lowest BCUT2D eigenvalue weighted by Gasteiger charge is -2.33. The molecule has 3 rings (SSSR count). The smallest absolute Gasteiger partial charge is 0.240 e. The highest BCUT2D eigenvalue weighted by Crippen LogP contribution is 2.22. The largest absolute Gasteiger partial charge is 0.371 e. The third-order valence-electron chi connectivity index (χ3n) is 4.33. The van der Waals surface area contributed by atoms with E-state index in [1.807, 2.05) is 12.1 Å². The average Bonchev–Trinajstić information content (AvgIpc) is 2.62. The molecule has 1 aromatic heterocycles. The van der Waals surface area contributed by atoms with Gasteiger partial charge >= 0.3 is 0 Å². The molecule has 1 aliphatic heterocycles. The molecule has 0 bridgehead atoms. The van der Waals surface area contributed by atoms with Crippen molar-refractivity contribution in [2.24, 2.45) is 5.92 Å². The summed E-state index contributed by atoms with van der Waals surface area (Å²) in [6, 6.07) is 10.2. The van der Waals surface area contributed by atoms with Crippen molar-refractivity contribution < 1.29 is 8.42 Å². The lowest BCUT2D eigenvalue weighted by molar-refractivity contribution is 0.402. The molecule has 0 atom stereocenters. The van der Waals surface area contributed by atoms with Crippen LogP contribution in [0.3, 0.4) is 0 Å². The first kappa shape index (κ1) is 17.2. The number of sulfonamides is 1. The topological polar surface area (TPSA) is 62.3 Å². The number of aromatic nitrogens is 1. The Kier molecular flexibility index (Phi) is 5.38. The van der Waals surface area contributed by atoms with Crippen LogP contribution in [0, 0.1) is 5.92 Å². The maximum atomic E-state index is 12.3. The van der Waals surface area contributed by atoms with Crippen LogP contribution in [0.4, 0.5) is 5.69 Å². The number of nitrogens with one attached hydrogen (secondary N) is 1. The van der Waals surface area contributed by atoms with Gasteiger partial charge in [-0.25, -0.2) is 13.1 Å². The van der Waals surface area contributed by atoms with Crippen molar-refractivity contribution in [3.05, 3.63) is 53.8 Å². The Bertz CT molecular complexity index is 758. The number of hydrogen-bond acceptors (Lipinski definition) is 4. The van der Waals surface area contributed by atoms with Gasteiger partial charge in [-0.05, 0) is 55.2 Å². The van der Waals surface area contributed by atoms with E-state index in [9.17, 15) is 8.42 Å². The Balaban J connectivity index is 1.52. The molecule has 7 heteroatoms. The molecule has 2 aromatic rings. The predicted octanol–water partition coefficient (Wildman–Crippen LogP) is 2.93. The summed E-state index contributed by atoms with van der Waals surface area (Å²) in [6.45, 7) is 2.32. The van der Waals surface area contributed by atoms with Gasteiger partial charge < -0.3 is 4.90 Å². The fourth-order valence-electron chi connectivity index (χ4n) is 2.87. The van der Waals surface area contributed by atoms with Crippen LogP contribution in [-0.2, 0) is 10.0 Å². The van der Waals surface area contributed by atoms with Crippen LogP contribution in [0.1, 0.15) is 12.8 Å². The monoisotopic (exact) mass is 365 g/mol. The molecule has 0 amide bonds. The second-order valence-electron chi connectivity index (χ2n) is 5.94. The molecule has 128 valence electrons. The van der Waals surface area contributed by atoms with Gasteiger partial charge in [-0.3, -0.25) is 4.98 Å². The third-order valence-corrected chi connectivity index (χ3v) is 6.02. The molecule has 1 fully saturated rings. The summed E-state index contributed by atoms with van der Waals surface area (Å²) in [5.74, 6) is 0.352. The molecule has 0 aliphatic carbocycles. The van der Waals surface area contributed by atoms with Crippen LogP contribution >= 0.6 is 11.6 Å². The van der Waals surface area contributed by atoms with Crippen molar-refractivity contribution in [1.82, 2.24) is 9.71 Å². The van der Waals surface area contributed by atoms with Crippen molar-refractivity contribution >= 4 is 27.3 Å². The van der Waals surface area contributed by atoms with E-state index < -0.39 is 10.0 Å². The molecule has 24 heavy (non-hydrogen) atoms. The van der Waals surface area contributed by atoms with Crippen LogP contribution < -0.4 is 9.62 Å². The summed E-state index contributed by atoms with van der Waals surface area (Å²) in [6.07, 6.45) is 5.51. The van der Waals surface area contributed by atoms with E-state index in [-0.39, 0.29) is 4.90 Å². The highest BCUT2D eigenvalue weighted by Gasteiger charge is 2.22. The standard InChI is InChI=1S/C17H20ClN3O2S/c18-15-1-3-17(4-2-15)24(22,23)20-13-14-7-11-21(12-8-14)16-5-9-19-10-6-16/h1-6,9-10,14,20H,7-8,11-13H2. The number of halogens is 1. The van der Waals surface area contributed by atoms with E-state index >= 15 is 0 Å². The highest BCUT2D eigenvalue weighted by molar-refractivity contribution is 7.89. The number of benzene rings is 1. The molecule has 0 radical (unpaired) electrons. The second kappa shape index (κ2) is 7.51. The first-order chi connectivity index (χ1) is 11.5. The van der Waals surface area contributed by atoms with Gasteiger partial charge in [-0.15, -0.1) is 0 Å². The summed E-state index contributed by atoms with van der Waals surface area (Å²) in [4.78, 5) is 6.60. The van der Waals surface area contributed by atoms with E-state index in [2.05, 4.69) is 14.6 Å². The molecule has 1 aromatic carbocycles. The summed E-state index contributed by atoms with van der Waals surface area (Å²) in [5.41, 5.74) is 1.17. The SMILES string of the molecule is O=S(=O)(NCC1CCN(c2ccncc2)CC1)c1ccc(Cl)cc1. The quantitative estimate of drug-likeness (QED) is 0.884. The van der Waals surface area contributed by atoms with E-state index in [4.69, 9.17) is 11.6 Å². The number of piperidine rings is 1. The van der Waals surface area contributed by atoms with E-state index in [0.29, 0.717) is 17.5 Å². The lowest BCUT2D eigenvalue weighted by atomic mass is 9.97. The minimum Gasteiger partial charge on any atom is -0.371 e. The molecule has 0 unspecified atom stereocenters. The number of rotatable bonds is 5. The van der Waals surface area contributed by atoms with Gasteiger partial charge in [-0.1, -0.05) is 11.6 Å². The molecule has 0 saturated carbocycles. The van der Waals surface area contributed by atoms with Crippen molar-refractivity contribution in [2.75, 3.05) is 24.5 Å². The van der Waals surface area contributed by atoms with Crippen molar-refractivity contribution in [1.29, 1.82) is 0 Å². The van der Waals surface area contributed by atoms with Crippen LogP contribution in [-0.4, -0.2) is 33.0 Å². The summed E-state index contributed by atoms with van der Waals surface area (Å²) < 4.78 is 27.3. The fraction of sp³-hybridized carbons (Fsp3) is 0.353. The second-order valence-corrected chi connectivity index (χ2v) is 8.15. The van der Waals surface area contributed by atoms with E-state index in [1.165, 1.54) is 17.8 Å². The van der Waals surface area contributed by atoms with Gasteiger partial charge in [0.1, 0.15) is 0 Å². The van der Waals surface area contributed by atoms with Gasteiger partial charge in [0.2, 0.25) is 10.0 Å². The first-order valence-electron chi connectivity index (χ1n) is 7.95. The molecule has 1 saturated heterocycles. The third kappa shape index (κ3) is 4.26. The summed E-state index contributed by atoms with van der Waals surface area (Å²) in [7, 11) is -3.47. The zero-order chi connectivity index (χ0) is 17.0. The van der Waals surface area contributed by atoms with Crippen LogP contribution in [0.25, 0.3) is 0 Å². The lowest BCUT2D eigenvalue weighted by Crippen LogP contribution is -2.38. The minimum atomic E-state index is -3.47. The van der Waals surface area contributed by atoms with Gasteiger partial charge in [0, 0.05) is 42.7 Å². The van der Waals surface area contributed by atoms with E-state index in [0.717, 1.165) is 25.9 Å². The Morgan fingerprint density at radius 3 is 2.33 bits per heavy atom. The molecule has 2 heterocycles. The molecular formula is C17H20ClN3O2S. The normalized spacial score (nSPS) is 16.3. The summed E-state index contributed by atoms with van der Waals surface area (Å²) >= 11 is 5.80. The number of hydrogen-bond donors (Lipinski definition) is 1. The zero-order valence-electron chi connectivity index (χ0n) is 13.2. The first-order valence-corrected chi connectivity index (χ1v) is 9.81. The zero-order valence-corrected chi connectivity index (χ0v) is 14.8. The fourth-order valence-corrected chi connectivity index (χ4v) is 4.12. The Labute approximate surface area is 147 Å². The van der Waals surface area contributed by atoms with Gasteiger partial charge in [0.15, 0.2) is 0 Å². The maximum absolute atomic E-state index is 12.3. The number of anilines is 1.